The van der Waals surface area contributed by atoms with E-state index < -0.39 is 0 Å². The van der Waals surface area contributed by atoms with Gasteiger partial charge >= 0.3 is 0 Å². The van der Waals surface area contributed by atoms with Gasteiger partial charge in [-0.1, -0.05) is 12.1 Å². The maximum absolute atomic E-state index is 6.01. The normalized spacial score (nSPS) is 22.8. The quantitative estimate of drug-likeness (QED) is 0.484. The van der Waals surface area contributed by atoms with Crippen LogP contribution in [0.3, 0.4) is 0 Å². The summed E-state index contributed by atoms with van der Waals surface area (Å²) in [7, 11) is 0. The van der Waals surface area contributed by atoms with Crippen molar-refractivity contribution in [1.82, 2.24) is 19.5 Å². The summed E-state index contributed by atoms with van der Waals surface area (Å²) in [6.45, 7) is 2.07. The number of pyridine rings is 1. The lowest BCUT2D eigenvalue weighted by Gasteiger charge is -2.22. The van der Waals surface area contributed by atoms with Crippen LogP contribution < -0.4 is 11.2 Å². The zero-order valence-corrected chi connectivity index (χ0v) is 18.3. The van der Waals surface area contributed by atoms with Crippen LogP contribution in [0.1, 0.15) is 49.8 Å². The van der Waals surface area contributed by atoms with Crippen molar-refractivity contribution in [3.05, 3.63) is 54.0 Å². The summed E-state index contributed by atoms with van der Waals surface area (Å²) in [5.74, 6) is 2.14. The Morgan fingerprint density at radius 2 is 2.12 bits per heavy atom. The molecule has 3 atom stereocenters. The van der Waals surface area contributed by atoms with Crippen LogP contribution >= 0.6 is 0 Å². The molecule has 1 aliphatic heterocycles. The van der Waals surface area contributed by atoms with Crippen LogP contribution in [-0.4, -0.2) is 25.6 Å². The minimum absolute atomic E-state index is 0.172. The predicted molar refractivity (Wildman–Crippen MR) is 126 cm³/mol. The molecule has 3 N–H and O–H groups in total. The Labute approximate surface area is 187 Å². The molecular weight excluding hydrogens is 400 g/mol. The fourth-order valence-electron chi connectivity index (χ4n) is 5.38. The third-order valence-corrected chi connectivity index (χ3v) is 7.11. The molecule has 2 aliphatic rings. The molecule has 0 spiro atoms. The lowest BCUT2D eigenvalue weighted by Crippen LogP contribution is -2.23. The van der Waals surface area contributed by atoms with E-state index in [2.05, 4.69) is 57.4 Å². The summed E-state index contributed by atoms with van der Waals surface area (Å²) in [5.41, 5.74) is 13.6. The molecule has 1 fully saturated rings. The van der Waals surface area contributed by atoms with Crippen LogP contribution in [0.25, 0.3) is 21.9 Å². The molecule has 32 heavy (non-hydrogen) atoms. The number of fused-ring (bicyclic) bond motifs is 3. The fourth-order valence-corrected chi connectivity index (χ4v) is 5.38. The summed E-state index contributed by atoms with van der Waals surface area (Å²) in [4.78, 5) is 18.9. The molecule has 0 radical (unpaired) electrons. The second-order valence-corrected chi connectivity index (χ2v) is 9.35. The highest BCUT2D eigenvalue weighted by atomic mass is 16.7. The maximum atomic E-state index is 6.01. The number of benzene rings is 1. The average Bonchev–Trinajstić information content (AvgIpc) is 3.44. The molecule has 1 aliphatic carbocycles. The van der Waals surface area contributed by atoms with Crippen molar-refractivity contribution in [3.63, 3.8) is 0 Å². The van der Waals surface area contributed by atoms with Crippen LogP contribution in [0.5, 0.6) is 0 Å². The topological polar surface area (TPSA) is 90.9 Å². The van der Waals surface area contributed by atoms with Crippen molar-refractivity contribution in [3.8, 4) is 0 Å². The number of anilines is 2. The number of nitrogens with one attached hydrogen (secondary N) is 1. The van der Waals surface area contributed by atoms with Crippen molar-refractivity contribution in [2.45, 2.75) is 57.6 Å². The van der Waals surface area contributed by atoms with Gasteiger partial charge in [-0.3, -0.25) is 4.84 Å². The van der Waals surface area contributed by atoms with Crippen LogP contribution in [0, 0.1) is 5.92 Å². The molecule has 164 valence electrons. The molecule has 6 rings (SSSR count). The predicted octanol–water partition coefficient (Wildman–Crippen LogP) is 4.82. The Balaban J connectivity index is 1.14. The molecule has 7 heteroatoms. The lowest BCUT2D eigenvalue weighted by atomic mass is 9.97. The van der Waals surface area contributed by atoms with Crippen LogP contribution in [-0.2, 0) is 17.7 Å². The van der Waals surface area contributed by atoms with Gasteiger partial charge in [0, 0.05) is 24.0 Å². The lowest BCUT2D eigenvalue weighted by molar-refractivity contribution is 0.104. The average molecular weight is 429 g/mol. The Kier molecular flexibility index (Phi) is 4.72. The molecule has 3 aromatic heterocycles. The van der Waals surface area contributed by atoms with Gasteiger partial charge < -0.3 is 10.3 Å². The van der Waals surface area contributed by atoms with Crippen LogP contribution in [0.4, 0.5) is 11.6 Å². The van der Waals surface area contributed by atoms with Gasteiger partial charge in [-0.25, -0.2) is 20.4 Å². The number of nitrogen functional groups attached to an aromatic ring is 1. The van der Waals surface area contributed by atoms with Gasteiger partial charge in [-0.2, -0.15) is 0 Å². The second-order valence-electron chi connectivity index (χ2n) is 9.35. The molecule has 0 bridgehead atoms. The number of aryl methyl sites for hydroxylation is 1. The molecule has 0 saturated heterocycles. The third-order valence-electron chi connectivity index (χ3n) is 7.11. The van der Waals surface area contributed by atoms with Crippen LogP contribution in [0.2, 0.25) is 0 Å². The van der Waals surface area contributed by atoms with E-state index in [0.29, 0.717) is 11.9 Å². The van der Waals surface area contributed by atoms with Crippen molar-refractivity contribution in [2.75, 3.05) is 11.2 Å². The number of nitrogens with zero attached hydrogens (tertiary/aromatic N) is 4. The number of hydrogen-bond donors (Lipinski definition) is 2. The van der Waals surface area contributed by atoms with E-state index in [-0.39, 0.29) is 6.10 Å². The van der Waals surface area contributed by atoms with E-state index in [9.17, 15) is 0 Å². The molecule has 4 aromatic rings. The first-order valence-electron chi connectivity index (χ1n) is 11.6. The van der Waals surface area contributed by atoms with E-state index >= 15 is 0 Å². The Bertz CT molecular complexity index is 1300. The van der Waals surface area contributed by atoms with Gasteiger partial charge in [-0.15, -0.1) is 0 Å². The van der Waals surface area contributed by atoms with Crippen LogP contribution in [0.15, 0.2) is 42.9 Å². The Morgan fingerprint density at radius 3 is 3.06 bits per heavy atom. The SMILES string of the molecule is CC1Cc2cc3ccc(CCC4CCC(n5ccc6c(N)ncnc65)C4)cc3nc2NO1. The van der Waals surface area contributed by atoms with Gasteiger partial charge in [0.25, 0.3) is 0 Å². The minimum atomic E-state index is 0.172. The number of nitrogens with two attached hydrogens (primary N) is 1. The molecule has 3 unspecified atom stereocenters. The first-order chi connectivity index (χ1) is 15.6. The van der Waals surface area contributed by atoms with E-state index in [1.165, 1.54) is 42.2 Å². The summed E-state index contributed by atoms with van der Waals surface area (Å²) >= 11 is 0. The minimum Gasteiger partial charge on any atom is -0.383 e. The van der Waals surface area contributed by atoms with Gasteiger partial charge in [0.15, 0.2) is 5.82 Å². The van der Waals surface area contributed by atoms with E-state index in [0.717, 1.165) is 41.1 Å². The molecule has 1 aromatic carbocycles. The van der Waals surface area contributed by atoms with Gasteiger partial charge in [0.2, 0.25) is 0 Å². The largest absolute Gasteiger partial charge is 0.383 e. The zero-order chi connectivity index (χ0) is 21.7. The third kappa shape index (κ3) is 3.46. The van der Waals surface area contributed by atoms with Gasteiger partial charge in [0.05, 0.1) is 17.0 Å². The Hall–Kier alpha value is -3.19. The zero-order valence-electron chi connectivity index (χ0n) is 18.3. The highest BCUT2D eigenvalue weighted by Gasteiger charge is 2.27. The first-order valence-corrected chi connectivity index (χ1v) is 11.6. The van der Waals surface area contributed by atoms with Gasteiger partial charge in [-0.05, 0) is 74.3 Å². The fraction of sp³-hybridized carbons (Fsp3) is 0.400. The summed E-state index contributed by atoms with van der Waals surface area (Å²) in [6, 6.07) is 11.5. The van der Waals surface area contributed by atoms with E-state index in [1.54, 1.807) is 6.33 Å². The van der Waals surface area contributed by atoms with Crippen molar-refractivity contribution in [2.24, 2.45) is 5.92 Å². The number of aromatic nitrogens is 4. The summed E-state index contributed by atoms with van der Waals surface area (Å²) in [5, 5.41) is 2.15. The molecule has 7 nitrogen and oxygen atoms in total. The standard InChI is InChI=1S/C25H28N6O/c1-15-10-19-13-18-6-4-17(12-22(18)29-24(19)30-32-15)3-2-16-5-7-20(11-16)31-9-8-21-23(26)27-14-28-25(21)31/h4,6,8-9,12-16,20H,2-3,5,7,10-11H2,1H3,(H,29,30)(H2,26,27,28). The van der Waals surface area contributed by atoms with E-state index in [4.69, 9.17) is 15.6 Å². The maximum Gasteiger partial charge on any atom is 0.153 e. The van der Waals surface area contributed by atoms with Gasteiger partial charge in [0.1, 0.15) is 17.8 Å². The van der Waals surface area contributed by atoms with Crippen molar-refractivity contribution < 1.29 is 4.84 Å². The Morgan fingerprint density at radius 1 is 1.19 bits per heavy atom. The smallest absolute Gasteiger partial charge is 0.153 e. The second kappa shape index (κ2) is 7.74. The molecule has 4 heterocycles. The monoisotopic (exact) mass is 428 g/mol. The first kappa shape index (κ1) is 19.5. The van der Waals surface area contributed by atoms with Crippen molar-refractivity contribution >= 4 is 33.6 Å². The molecular formula is C25H28N6O. The highest BCUT2D eigenvalue weighted by molar-refractivity contribution is 5.86. The highest BCUT2D eigenvalue weighted by Crippen LogP contribution is 2.39. The summed E-state index contributed by atoms with van der Waals surface area (Å²) < 4.78 is 2.30. The number of rotatable bonds is 4. The number of hydrogen-bond acceptors (Lipinski definition) is 6. The molecule has 0 amide bonds. The summed E-state index contributed by atoms with van der Waals surface area (Å²) in [6.07, 6.45) is 10.7. The molecule has 1 saturated carbocycles. The van der Waals surface area contributed by atoms with E-state index in [1.807, 2.05) is 6.07 Å². The van der Waals surface area contributed by atoms with Crippen molar-refractivity contribution in [1.29, 1.82) is 0 Å².